The summed E-state index contributed by atoms with van der Waals surface area (Å²) in [5.41, 5.74) is 5.67. The minimum absolute atomic E-state index is 0.171. The molecule has 2 rings (SSSR count). The molecular formula is C11H11NO3. The van der Waals surface area contributed by atoms with Crippen molar-refractivity contribution < 1.29 is 14.3 Å². The molecule has 0 saturated heterocycles. The number of hydrogen-bond donors (Lipinski definition) is 1. The van der Waals surface area contributed by atoms with Crippen LogP contribution in [0.1, 0.15) is 33.6 Å². The van der Waals surface area contributed by atoms with E-state index < -0.39 is 5.91 Å². The number of aldehydes is 1. The lowest BCUT2D eigenvalue weighted by atomic mass is 10.1. The molecule has 2 N–H and O–H groups in total. The van der Waals surface area contributed by atoms with Gasteiger partial charge in [0.1, 0.15) is 5.75 Å². The molecule has 1 saturated carbocycles. The van der Waals surface area contributed by atoms with Gasteiger partial charge in [0.05, 0.1) is 11.7 Å². The fourth-order valence-corrected chi connectivity index (χ4v) is 1.37. The summed E-state index contributed by atoms with van der Waals surface area (Å²) in [6.45, 7) is 0. The van der Waals surface area contributed by atoms with Crippen molar-refractivity contribution in [3.63, 3.8) is 0 Å². The predicted molar refractivity (Wildman–Crippen MR) is 54.0 cm³/mol. The van der Waals surface area contributed by atoms with Gasteiger partial charge in [-0.1, -0.05) is 12.1 Å². The number of primary amides is 1. The van der Waals surface area contributed by atoms with Crippen molar-refractivity contribution >= 4 is 12.2 Å². The van der Waals surface area contributed by atoms with Gasteiger partial charge < -0.3 is 10.5 Å². The number of carbonyl (C=O) groups excluding carboxylic acids is 2. The molecule has 0 aliphatic heterocycles. The third-order valence-corrected chi connectivity index (χ3v) is 2.25. The molecule has 1 fully saturated rings. The van der Waals surface area contributed by atoms with Crippen LogP contribution in [0.3, 0.4) is 0 Å². The van der Waals surface area contributed by atoms with Crippen molar-refractivity contribution in [3.8, 4) is 5.75 Å². The first-order chi connectivity index (χ1) is 7.22. The molecule has 78 valence electrons. The number of carbonyl (C=O) groups is 2. The molecule has 1 aliphatic rings. The first kappa shape index (κ1) is 9.71. The van der Waals surface area contributed by atoms with Crippen LogP contribution in [0.5, 0.6) is 5.75 Å². The fraction of sp³-hybridized carbons (Fsp3) is 0.273. The number of amides is 1. The molecule has 0 aromatic heterocycles. The van der Waals surface area contributed by atoms with Crippen molar-refractivity contribution in [1.29, 1.82) is 0 Å². The zero-order valence-electron chi connectivity index (χ0n) is 8.10. The van der Waals surface area contributed by atoms with Crippen molar-refractivity contribution in [3.05, 3.63) is 29.3 Å². The van der Waals surface area contributed by atoms with Gasteiger partial charge in [-0.3, -0.25) is 9.59 Å². The third-order valence-electron chi connectivity index (χ3n) is 2.25. The van der Waals surface area contributed by atoms with E-state index in [0.717, 1.165) is 12.8 Å². The summed E-state index contributed by atoms with van der Waals surface area (Å²) in [5.74, 6) is -0.219. The highest BCUT2D eigenvalue weighted by Crippen LogP contribution is 2.30. The highest BCUT2D eigenvalue weighted by Gasteiger charge is 2.26. The zero-order chi connectivity index (χ0) is 10.8. The summed E-state index contributed by atoms with van der Waals surface area (Å²) >= 11 is 0. The standard InChI is InChI=1S/C11H11NO3/c12-11(14)10-7(6-13)2-1-3-9(10)15-8-4-5-8/h1-3,6,8H,4-5H2,(H2,12,14). The van der Waals surface area contributed by atoms with Crippen LogP contribution in [0.15, 0.2) is 18.2 Å². The molecule has 0 atom stereocenters. The fourth-order valence-electron chi connectivity index (χ4n) is 1.37. The Morgan fingerprint density at radius 2 is 2.20 bits per heavy atom. The highest BCUT2D eigenvalue weighted by molar-refractivity contribution is 6.02. The van der Waals surface area contributed by atoms with Crippen LogP contribution < -0.4 is 10.5 Å². The van der Waals surface area contributed by atoms with E-state index in [2.05, 4.69) is 0 Å². The lowest BCUT2D eigenvalue weighted by Crippen LogP contribution is -2.16. The first-order valence-corrected chi connectivity index (χ1v) is 4.77. The van der Waals surface area contributed by atoms with Gasteiger partial charge in [0.2, 0.25) is 0 Å². The molecule has 1 aromatic carbocycles. The molecule has 0 heterocycles. The monoisotopic (exact) mass is 205 g/mol. The van der Waals surface area contributed by atoms with Crippen molar-refractivity contribution in [2.45, 2.75) is 18.9 Å². The summed E-state index contributed by atoms with van der Waals surface area (Å²) in [6.07, 6.45) is 2.76. The van der Waals surface area contributed by atoms with E-state index in [4.69, 9.17) is 10.5 Å². The Morgan fingerprint density at radius 3 is 2.73 bits per heavy atom. The Hall–Kier alpha value is -1.84. The summed E-state index contributed by atoms with van der Waals surface area (Å²) in [5, 5.41) is 0. The third kappa shape index (κ3) is 1.98. The Kier molecular flexibility index (Phi) is 2.41. The summed E-state index contributed by atoms with van der Waals surface area (Å²) < 4.78 is 5.50. The lowest BCUT2D eigenvalue weighted by Gasteiger charge is -2.09. The number of rotatable bonds is 4. The Bertz CT molecular complexity index is 410. The maximum absolute atomic E-state index is 11.2. The molecular weight excluding hydrogens is 194 g/mol. The Morgan fingerprint density at radius 1 is 1.47 bits per heavy atom. The van der Waals surface area contributed by atoms with Gasteiger partial charge in [-0.05, 0) is 18.9 Å². The van der Waals surface area contributed by atoms with Crippen LogP contribution in [0.25, 0.3) is 0 Å². The Balaban J connectivity index is 2.41. The first-order valence-electron chi connectivity index (χ1n) is 4.77. The molecule has 1 amide bonds. The van der Waals surface area contributed by atoms with Crippen molar-refractivity contribution in [2.75, 3.05) is 0 Å². The molecule has 0 spiro atoms. The van der Waals surface area contributed by atoms with Crippen molar-refractivity contribution in [1.82, 2.24) is 0 Å². The van der Waals surface area contributed by atoms with Crippen LogP contribution in [0, 0.1) is 0 Å². The second-order valence-corrected chi connectivity index (χ2v) is 3.52. The van der Waals surface area contributed by atoms with Crippen molar-refractivity contribution in [2.24, 2.45) is 5.73 Å². The molecule has 1 aromatic rings. The van der Waals surface area contributed by atoms with Crippen LogP contribution >= 0.6 is 0 Å². The molecule has 1 aliphatic carbocycles. The van der Waals surface area contributed by atoms with Gasteiger partial charge in [-0.2, -0.15) is 0 Å². The second-order valence-electron chi connectivity index (χ2n) is 3.52. The molecule has 4 nitrogen and oxygen atoms in total. The minimum Gasteiger partial charge on any atom is -0.490 e. The average Bonchev–Trinajstić information content (AvgIpc) is 3.01. The van der Waals surface area contributed by atoms with Gasteiger partial charge in [-0.15, -0.1) is 0 Å². The zero-order valence-corrected chi connectivity index (χ0v) is 8.10. The maximum Gasteiger partial charge on any atom is 0.253 e. The van der Waals surface area contributed by atoms with E-state index in [1.807, 2.05) is 0 Å². The summed E-state index contributed by atoms with van der Waals surface area (Å²) in [6, 6.07) is 4.88. The van der Waals surface area contributed by atoms with E-state index in [1.54, 1.807) is 18.2 Å². The van der Waals surface area contributed by atoms with E-state index in [-0.39, 0.29) is 17.2 Å². The highest BCUT2D eigenvalue weighted by atomic mass is 16.5. The average molecular weight is 205 g/mol. The molecule has 4 heteroatoms. The van der Waals surface area contributed by atoms with E-state index >= 15 is 0 Å². The van der Waals surface area contributed by atoms with Gasteiger partial charge in [0.25, 0.3) is 5.91 Å². The van der Waals surface area contributed by atoms with Gasteiger partial charge in [0.15, 0.2) is 6.29 Å². The molecule has 0 radical (unpaired) electrons. The van der Waals surface area contributed by atoms with Gasteiger partial charge in [-0.25, -0.2) is 0 Å². The quantitative estimate of drug-likeness (QED) is 0.749. The predicted octanol–water partition coefficient (Wildman–Crippen LogP) is 1.14. The number of hydrogen-bond acceptors (Lipinski definition) is 3. The number of benzene rings is 1. The maximum atomic E-state index is 11.2. The number of nitrogens with two attached hydrogens (primary N) is 1. The lowest BCUT2D eigenvalue weighted by molar-refractivity contribution is 0.0988. The Labute approximate surface area is 87.0 Å². The number of ether oxygens (including phenoxy) is 1. The topological polar surface area (TPSA) is 69.4 Å². The smallest absolute Gasteiger partial charge is 0.253 e. The second kappa shape index (κ2) is 3.73. The molecule has 15 heavy (non-hydrogen) atoms. The summed E-state index contributed by atoms with van der Waals surface area (Å²) in [4.78, 5) is 21.9. The summed E-state index contributed by atoms with van der Waals surface area (Å²) in [7, 11) is 0. The minimum atomic E-state index is -0.631. The van der Waals surface area contributed by atoms with Crippen LogP contribution in [-0.2, 0) is 0 Å². The van der Waals surface area contributed by atoms with E-state index in [0.29, 0.717) is 12.0 Å². The van der Waals surface area contributed by atoms with Gasteiger partial charge >= 0.3 is 0 Å². The van der Waals surface area contributed by atoms with Crippen LogP contribution in [0.4, 0.5) is 0 Å². The largest absolute Gasteiger partial charge is 0.490 e. The molecule has 0 unspecified atom stereocenters. The van der Waals surface area contributed by atoms with Crippen LogP contribution in [0.2, 0.25) is 0 Å². The SMILES string of the molecule is NC(=O)c1c(C=O)cccc1OC1CC1. The van der Waals surface area contributed by atoms with E-state index in [1.165, 1.54) is 0 Å². The van der Waals surface area contributed by atoms with Crippen LogP contribution in [-0.4, -0.2) is 18.3 Å². The molecule has 0 bridgehead atoms. The van der Waals surface area contributed by atoms with Gasteiger partial charge in [0, 0.05) is 5.56 Å². The normalized spacial score (nSPS) is 14.7. The van der Waals surface area contributed by atoms with E-state index in [9.17, 15) is 9.59 Å².